The Morgan fingerprint density at radius 1 is 1.20 bits per heavy atom. The summed E-state index contributed by atoms with van der Waals surface area (Å²) in [7, 11) is 0. The third kappa shape index (κ3) is 2.49. The van der Waals surface area contributed by atoms with Crippen molar-refractivity contribution in [3.63, 3.8) is 0 Å². The zero-order chi connectivity index (χ0) is 14.1. The summed E-state index contributed by atoms with van der Waals surface area (Å²) in [6.07, 6.45) is 0.657. The average molecular weight is 269 g/mol. The van der Waals surface area contributed by atoms with Gasteiger partial charge in [-0.3, -0.25) is 4.79 Å². The van der Waals surface area contributed by atoms with Crippen LogP contribution in [0.1, 0.15) is 27.0 Å². The van der Waals surface area contributed by atoms with Crippen LogP contribution in [-0.4, -0.2) is 11.8 Å². The Hall–Kier alpha value is -2.00. The monoisotopic (exact) mass is 269 g/mol. The summed E-state index contributed by atoms with van der Waals surface area (Å²) in [5.41, 5.74) is 3.63. The lowest BCUT2D eigenvalue weighted by molar-refractivity contribution is 0.0937. The fourth-order valence-electron chi connectivity index (χ4n) is 2.72. The molecule has 3 heteroatoms. The molecule has 0 amide bonds. The van der Waals surface area contributed by atoms with E-state index in [0.717, 1.165) is 5.56 Å². The molecular weight excluding hydrogens is 253 g/mol. The van der Waals surface area contributed by atoms with Crippen molar-refractivity contribution in [1.82, 2.24) is 5.32 Å². The number of aryl methyl sites for hydroxylation is 1. The normalized spacial score (nSPS) is 17.6. The first-order valence-corrected chi connectivity index (χ1v) is 6.75. The fraction of sp³-hybridized carbons (Fsp3) is 0.235. The summed E-state index contributed by atoms with van der Waals surface area (Å²) in [6.45, 7) is 2.48. The Morgan fingerprint density at radius 2 is 1.95 bits per heavy atom. The molecule has 0 fully saturated rings. The van der Waals surface area contributed by atoms with E-state index in [0.29, 0.717) is 18.5 Å². The Kier molecular flexibility index (Phi) is 3.36. The van der Waals surface area contributed by atoms with Crippen LogP contribution in [0.3, 0.4) is 0 Å². The smallest absolute Gasteiger partial charge is 0.180 e. The molecule has 1 heterocycles. The van der Waals surface area contributed by atoms with E-state index in [-0.39, 0.29) is 17.6 Å². The number of benzene rings is 2. The predicted molar refractivity (Wildman–Crippen MR) is 76.2 cm³/mol. The molecule has 1 unspecified atom stereocenters. The molecule has 0 aliphatic carbocycles. The van der Waals surface area contributed by atoms with Crippen molar-refractivity contribution in [1.29, 1.82) is 0 Å². The van der Waals surface area contributed by atoms with Crippen LogP contribution >= 0.6 is 0 Å². The molecule has 3 rings (SSSR count). The maximum atomic E-state index is 13.4. The molecule has 2 aromatic rings. The molecule has 1 aliphatic heterocycles. The number of nitrogens with one attached hydrogen (secondary N) is 1. The molecular formula is C17H16FNO. The number of ketones is 1. The Morgan fingerprint density at radius 3 is 2.70 bits per heavy atom. The lowest BCUT2D eigenvalue weighted by Crippen LogP contribution is -2.41. The van der Waals surface area contributed by atoms with Gasteiger partial charge >= 0.3 is 0 Å². The van der Waals surface area contributed by atoms with Gasteiger partial charge in [0.25, 0.3) is 0 Å². The zero-order valence-corrected chi connectivity index (χ0v) is 11.3. The van der Waals surface area contributed by atoms with Crippen molar-refractivity contribution in [3.05, 3.63) is 70.5 Å². The van der Waals surface area contributed by atoms with E-state index in [4.69, 9.17) is 0 Å². The van der Waals surface area contributed by atoms with Gasteiger partial charge in [-0.1, -0.05) is 24.3 Å². The predicted octanol–water partition coefficient (Wildman–Crippen LogP) is 3.03. The quantitative estimate of drug-likeness (QED) is 0.849. The Bertz CT molecular complexity index is 646. The molecule has 0 saturated carbocycles. The molecule has 102 valence electrons. The fourth-order valence-corrected chi connectivity index (χ4v) is 2.72. The maximum absolute atomic E-state index is 13.4. The standard InChI is InChI=1S/C17H16FNO/c1-11-6-14(8-15(18)7-11)17(20)16-9-12-4-2-3-5-13(12)10-19-16/h2-8,16,19H,9-10H2,1H3. The number of hydrogen-bond acceptors (Lipinski definition) is 2. The van der Waals surface area contributed by atoms with Gasteiger partial charge in [0.2, 0.25) is 0 Å². The number of hydrogen-bond donors (Lipinski definition) is 1. The lowest BCUT2D eigenvalue weighted by atomic mass is 9.91. The minimum atomic E-state index is -0.357. The highest BCUT2D eigenvalue weighted by molar-refractivity contribution is 6.00. The Labute approximate surface area is 117 Å². The summed E-state index contributed by atoms with van der Waals surface area (Å²) in [5.74, 6) is -0.397. The van der Waals surface area contributed by atoms with Crippen molar-refractivity contribution >= 4 is 5.78 Å². The molecule has 2 nitrogen and oxygen atoms in total. The molecule has 20 heavy (non-hydrogen) atoms. The zero-order valence-electron chi connectivity index (χ0n) is 11.3. The van der Waals surface area contributed by atoms with Crippen LogP contribution < -0.4 is 5.32 Å². The van der Waals surface area contributed by atoms with Crippen LogP contribution in [0.25, 0.3) is 0 Å². The first kappa shape index (κ1) is 13.0. The van der Waals surface area contributed by atoms with Crippen LogP contribution in [0.4, 0.5) is 4.39 Å². The third-order valence-corrected chi connectivity index (χ3v) is 3.72. The highest BCUT2D eigenvalue weighted by atomic mass is 19.1. The van der Waals surface area contributed by atoms with Crippen LogP contribution in [-0.2, 0) is 13.0 Å². The van der Waals surface area contributed by atoms with Gasteiger partial charge in [-0.05, 0) is 48.2 Å². The van der Waals surface area contributed by atoms with Gasteiger partial charge in [-0.2, -0.15) is 0 Å². The highest BCUT2D eigenvalue weighted by Crippen LogP contribution is 2.19. The van der Waals surface area contributed by atoms with E-state index in [9.17, 15) is 9.18 Å². The van der Waals surface area contributed by atoms with Crippen molar-refractivity contribution in [2.75, 3.05) is 0 Å². The second kappa shape index (κ2) is 5.17. The van der Waals surface area contributed by atoms with Crippen LogP contribution in [0, 0.1) is 12.7 Å². The average Bonchev–Trinajstić information content (AvgIpc) is 2.45. The van der Waals surface area contributed by atoms with E-state index in [2.05, 4.69) is 11.4 Å². The first-order chi connectivity index (χ1) is 9.63. The van der Waals surface area contributed by atoms with Crippen molar-refractivity contribution < 1.29 is 9.18 Å². The highest BCUT2D eigenvalue weighted by Gasteiger charge is 2.25. The second-order valence-corrected chi connectivity index (χ2v) is 5.29. The van der Waals surface area contributed by atoms with Gasteiger partial charge in [0.15, 0.2) is 5.78 Å². The van der Waals surface area contributed by atoms with Gasteiger partial charge in [-0.25, -0.2) is 4.39 Å². The number of rotatable bonds is 2. The molecule has 2 aromatic carbocycles. The first-order valence-electron chi connectivity index (χ1n) is 6.75. The summed E-state index contributed by atoms with van der Waals surface area (Å²) in [6, 6.07) is 12.3. The molecule has 1 N–H and O–H groups in total. The van der Waals surface area contributed by atoms with E-state index >= 15 is 0 Å². The van der Waals surface area contributed by atoms with Crippen molar-refractivity contribution in [2.45, 2.75) is 25.9 Å². The largest absolute Gasteiger partial charge is 0.303 e. The number of fused-ring (bicyclic) bond motifs is 1. The van der Waals surface area contributed by atoms with Crippen LogP contribution in [0.2, 0.25) is 0 Å². The van der Waals surface area contributed by atoms with Crippen LogP contribution in [0.15, 0.2) is 42.5 Å². The molecule has 0 spiro atoms. The van der Waals surface area contributed by atoms with Gasteiger partial charge in [0, 0.05) is 12.1 Å². The molecule has 0 aromatic heterocycles. The van der Waals surface area contributed by atoms with E-state index in [1.165, 1.54) is 23.3 Å². The SMILES string of the molecule is Cc1cc(F)cc(C(=O)C2Cc3ccccc3CN2)c1. The van der Waals surface area contributed by atoms with Crippen LogP contribution in [0.5, 0.6) is 0 Å². The number of carbonyl (C=O) groups is 1. The van der Waals surface area contributed by atoms with Crippen molar-refractivity contribution in [2.24, 2.45) is 0 Å². The molecule has 0 saturated heterocycles. The van der Waals surface area contributed by atoms with Gasteiger partial charge in [0.1, 0.15) is 5.82 Å². The van der Waals surface area contributed by atoms with E-state index < -0.39 is 0 Å². The third-order valence-electron chi connectivity index (χ3n) is 3.72. The molecule has 0 radical (unpaired) electrons. The topological polar surface area (TPSA) is 29.1 Å². The summed E-state index contributed by atoms with van der Waals surface area (Å²) < 4.78 is 13.4. The second-order valence-electron chi connectivity index (χ2n) is 5.29. The van der Waals surface area contributed by atoms with Crippen molar-refractivity contribution in [3.8, 4) is 0 Å². The van der Waals surface area contributed by atoms with E-state index in [1.54, 1.807) is 13.0 Å². The number of Topliss-reactive ketones (excluding diaryl/α,β-unsaturated/α-hetero) is 1. The van der Waals surface area contributed by atoms with Gasteiger partial charge < -0.3 is 5.32 Å². The summed E-state index contributed by atoms with van der Waals surface area (Å²) >= 11 is 0. The minimum absolute atomic E-state index is 0.0397. The van der Waals surface area contributed by atoms with E-state index in [1.807, 2.05) is 18.2 Å². The summed E-state index contributed by atoms with van der Waals surface area (Å²) in [5, 5.41) is 3.24. The van der Waals surface area contributed by atoms with Gasteiger partial charge in [0.05, 0.1) is 6.04 Å². The molecule has 1 aliphatic rings. The lowest BCUT2D eigenvalue weighted by Gasteiger charge is -2.25. The summed E-state index contributed by atoms with van der Waals surface area (Å²) in [4.78, 5) is 12.5. The Balaban J connectivity index is 1.86. The molecule has 0 bridgehead atoms. The van der Waals surface area contributed by atoms with Gasteiger partial charge in [-0.15, -0.1) is 0 Å². The minimum Gasteiger partial charge on any atom is -0.303 e. The maximum Gasteiger partial charge on any atom is 0.180 e. The number of halogens is 1. The number of carbonyl (C=O) groups excluding carboxylic acids is 1. The molecule has 1 atom stereocenters.